The van der Waals surface area contributed by atoms with Crippen molar-refractivity contribution in [2.75, 3.05) is 56.3 Å². The summed E-state index contributed by atoms with van der Waals surface area (Å²) in [7, 11) is 1.60. The number of ether oxygens (including phenoxy) is 2. The van der Waals surface area contributed by atoms with Crippen molar-refractivity contribution in [3.05, 3.63) is 59.8 Å². The normalized spacial score (nSPS) is 19.3. The lowest BCUT2D eigenvalue weighted by atomic mass is 10.0. The molecular formula is C25H27N3O4. The van der Waals surface area contributed by atoms with Gasteiger partial charge in [0, 0.05) is 31.9 Å². The fraction of sp³-hybridized carbons (Fsp3) is 0.360. The maximum absolute atomic E-state index is 13.6. The average molecular weight is 434 g/mol. The quantitative estimate of drug-likeness (QED) is 0.676. The molecule has 0 radical (unpaired) electrons. The number of carbonyl (C=O) groups is 2. The molecule has 3 aliphatic rings. The highest BCUT2D eigenvalue weighted by Gasteiger charge is 2.42. The molecule has 3 aliphatic heterocycles. The highest BCUT2D eigenvalue weighted by Crippen LogP contribution is 2.36. The molecule has 5 rings (SSSR count). The van der Waals surface area contributed by atoms with Crippen LogP contribution in [0.2, 0.25) is 0 Å². The molecule has 2 amide bonds. The SMILES string of the molecule is COc1ccc(C2=C(N3CCOCC3)C(=O)N(c3ccc(N4CCCC4)cc3)C2=O)cc1. The summed E-state index contributed by atoms with van der Waals surface area (Å²) < 4.78 is 10.7. The van der Waals surface area contributed by atoms with Gasteiger partial charge in [0.25, 0.3) is 11.8 Å². The van der Waals surface area contributed by atoms with Crippen LogP contribution in [0, 0.1) is 0 Å². The molecule has 2 aromatic rings. The third-order valence-corrected chi connectivity index (χ3v) is 6.34. The van der Waals surface area contributed by atoms with Crippen molar-refractivity contribution in [1.29, 1.82) is 0 Å². The first-order valence-electron chi connectivity index (χ1n) is 11.1. The Morgan fingerprint density at radius 2 is 1.38 bits per heavy atom. The lowest BCUT2D eigenvalue weighted by Crippen LogP contribution is -2.40. The third-order valence-electron chi connectivity index (χ3n) is 6.34. The molecule has 32 heavy (non-hydrogen) atoms. The number of hydrogen-bond acceptors (Lipinski definition) is 6. The second-order valence-corrected chi connectivity index (χ2v) is 8.21. The van der Waals surface area contributed by atoms with Crippen LogP contribution in [0.25, 0.3) is 5.57 Å². The van der Waals surface area contributed by atoms with Gasteiger partial charge in [-0.25, -0.2) is 4.90 Å². The zero-order valence-electron chi connectivity index (χ0n) is 18.3. The molecule has 0 saturated carbocycles. The number of rotatable bonds is 5. The van der Waals surface area contributed by atoms with E-state index >= 15 is 0 Å². The number of amides is 2. The minimum atomic E-state index is -0.296. The second kappa shape index (κ2) is 8.67. The van der Waals surface area contributed by atoms with Crippen molar-refractivity contribution in [2.45, 2.75) is 12.8 Å². The number of methoxy groups -OCH3 is 1. The van der Waals surface area contributed by atoms with E-state index in [0.29, 0.717) is 54.6 Å². The van der Waals surface area contributed by atoms with Crippen LogP contribution in [0.4, 0.5) is 11.4 Å². The van der Waals surface area contributed by atoms with Crippen LogP contribution in [0.15, 0.2) is 54.2 Å². The predicted octanol–water partition coefficient (Wildman–Crippen LogP) is 2.91. The molecule has 0 aromatic heterocycles. The Morgan fingerprint density at radius 3 is 2.00 bits per heavy atom. The molecule has 2 fully saturated rings. The summed E-state index contributed by atoms with van der Waals surface area (Å²) in [6.07, 6.45) is 2.39. The van der Waals surface area contributed by atoms with Crippen molar-refractivity contribution >= 4 is 28.8 Å². The standard InChI is InChI=1S/C25H27N3O4/c1-31-21-10-4-18(5-11-21)22-23(27-14-16-32-17-15-27)25(30)28(24(22)29)20-8-6-19(7-9-20)26-12-2-3-13-26/h4-11H,2-3,12-17H2,1H3. The van der Waals surface area contributed by atoms with Crippen molar-refractivity contribution in [3.8, 4) is 5.75 Å². The van der Waals surface area contributed by atoms with E-state index in [2.05, 4.69) is 4.90 Å². The second-order valence-electron chi connectivity index (χ2n) is 8.21. The first kappa shape index (κ1) is 20.6. The molecule has 3 heterocycles. The fourth-order valence-electron chi connectivity index (χ4n) is 4.64. The van der Waals surface area contributed by atoms with E-state index in [1.165, 1.54) is 17.7 Å². The van der Waals surface area contributed by atoms with Crippen molar-refractivity contribution in [3.63, 3.8) is 0 Å². The van der Waals surface area contributed by atoms with Gasteiger partial charge in [-0.3, -0.25) is 9.59 Å². The van der Waals surface area contributed by atoms with Crippen LogP contribution < -0.4 is 14.5 Å². The van der Waals surface area contributed by atoms with E-state index in [1.54, 1.807) is 7.11 Å². The van der Waals surface area contributed by atoms with Gasteiger partial charge in [-0.15, -0.1) is 0 Å². The lowest BCUT2D eigenvalue weighted by molar-refractivity contribution is -0.121. The molecule has 0 bridgehead atoms. The van der Waals surface area contributed by atoms with E-state index < -0.39 is 0 Å². The Balaban J connectivity index is 1.51. The van der Waals surface area contributed by atoms with E-state index in [9.17, 15) is 9.59 Å². The number of morpholine rings is 1. The molecule has 7 heteroatoms. The molecule has 0 unspecified atom stereocenters. The van der Waals surface area contributed by atoms with Crippen LogP contribution in [0.1, 0.15) is 18.4 Å². The topological polar surface area (TPSA) is 62.3 Å². The molecule has 0 aliphatic carbocycles. The maximum atomic E-state index is 13.6. The van der Waals surface area contributed by atoms with Gasteiger partial charge in [0.1, 0.15) is 11.4 Å². The van der Waals surface area contributed by atoms with Gasteiger partial charge >= 0.3 is 0 Å². The Bertz CT molecular complexity index is 1030. The zero-order valence-corrected chi connectivity index (χ0v) is 18.3. The molecule has 7 nitrogen and oxygen atoms in total. The summed E-state index contributed by atoms with van der Waals surface area (Å²) in [5, 5.41) is 0. The monoisotopic (exact) mass is 433 g/mol. The largest absolute Gasteiger partial charge is 0.497 e. The number of imide groups is 1. The number of anilines is 2. The first-order chi connectivity index (χ1) is 15.7. The van der Waals surface area contributed by atoms with Crippen LogP contribution in [0.5, 0.6) is 5.75 Å². The van der Waals surface area contributed by atoms with Crippen LogP contribution in [-0.2, 0) is 14.3 Å². The minimum Gasteiger partial charge on any atom is -0.497 e. The maximum Gasteiger partial charge on any atom is 0.282 e. The minimum absolute atomic E-state index is 0.281. The summed E-state index contributed by atoms with van der Waals surface area (Å²) in [5.74, 6) is 0.126. The van der Waals surface area contributed by atoms with E-state index in [0.717, 1.165) is 18.8 Å². The van der Waals surface area contributed by atoms with Gasteiger partial charge in [0.05, 0.1) is 31.6 Å². The summed E-state index contributed by atoms with van der Waals surface area (Å²) in [4.78, 5) is 32.8. The molecule has 2 saturated heterocycles. The summed E-state index contributed by atoms with van der Waals surface area (Å²) in [6.45, 7) is 4.32. The Hall–Kier alpha value is -3.32. The van der Waals surface area contributed by atoms with Gasteiger partial charge in [-0.1, -0.05) is 12.1 Å². The number of hydrogen-bond donors (Lipinski definition) is 0. The van der Waals surface area contributed by atoms with Gasteiger partial charge in [0.2, 0.25) is 0 Å². The van der Waals surface area contributed by atoms with Gasteiger partial charge in [-0.2, -0.15) is 0 Å². The van der Waals surface area contributed by atoms with E-state index in [-0.39, 0.29) is 11.8 Å². The first-order valence-corrected chi connectivity index (χ1v) is 11.1. The zero-order chi connectivity index (χ0) is 22.1. The highest BCUT2D eigenvalue weighted by molar-refractivity contribution is 6.45. The Morgan fingerprint density at radius 1 is 0.750 bits per heavy atom. The van der Waals surface area contributed by atoms with E-state index in [1.807, 2.05) is 53.4 Å². The number of nitrogens with zero attached hydrogens (tertiary/aromatic N) is 3. The Labute approximate surface area is 187 Å². The smallest absolute Gasteiger partial charge is 0.282 e. The summed E-state index contributed by atoms with van der Waals surface area (Å²) >= 11 is 0. The predicted molar refractivity (Wildman–Crippen MR) is 123 cm³/mol. The Kier molecular flexibility index (Phi) is 5.57. The van der Waals surface area contributed by atoms with Gasteiger partial charge in [-0.05, 0) is 54.8 Å². The van der Waals surface area contributed by atoms with E-state index in [4.69, 9.17) is 9.47 Å². The molecule has 0 atom stereocenters. The van der Waals surface area contributed by atoms with Gasteiger partial charge < -0.3 is 19.3 Å². The van der Waals surface area contributed by atoms with Crippen LogP contribution in [0.3, 0.4) is 0 Å². The molecule has 0 spiro atoms. The van der Waals surface area contributed by atoms with Crippen molar-refractivity contribution in [1.82, 2.24) is 4.90 Å². The fourth-order valence-corrected chi connectivity index (χ4v) is 4.64. The number of carbonyl (C=O) groups excluding carboxylic acids is 2. The molecule has 166 valence electrons. The third kappa shape index (κ3) is 3.62. The summed E-state index contributed by atoms with van der Waals surface area (Å²) in [6, 6.07) is 15.0. The van der Waals surface area contributed by atoms with Crippen molar-refractivity contribution in [2.24, 2.45) is 0 Å². The van der Waals surface area contributed by atoms with Crippen LogP contribution in [-0.4, -0.2) is 63.2 Å². The average Bonchev–Trinajstić information content (AvgIpc) is 3.46. The van der Waals surface area contributed by atoms with Gasteiger partial charge in [0.15, 0.2) is 0 Å². The highest BCUT2D eigenvalue weighted by atomic mass is 16.5. The lowest BCUT2D eigenvalue weighted by Gasteiger charge is -2.29. The number of benzene rings is 2. The summed E-state index contributed by atoms with van der Waals surface area (Å²) in [5.41, 5.74) is 3.32. The molecule has 2 aromatic carbocycles. The van der Waals surface area contributed by atoms with Crippen molar-refractivity contribution < 1.29 is 19.1 Å². The molecule has 0 N–H and O–H groups in total. The van der Waals surface area contributed by atoms with Crippen LogP contribution >= 0.6 is 0 Å². The molecular weight excluding hydrogens is 406 g/mol.